The van der Waals surface area contributed by atoms with Gasteiger partial charge in [0.25, 0.3) is 0 Å². The number of aryl methyl sites for hydroxylation is 2. The Morgan fingerprint density at radius 3 is 2.73 bits per heavy atom. The van der Waals surface area contributed by atoms with E-state index in [1.807, 2.05) is 18.2 Å². The van der Waals surface area contributed by atoms with E-state index in [4.69, 9.17) is 4.52 Å². The molecular weight excluding hydrogens is 190 g/mol. The minimum Gasteiger partial charge on any atom is -0.361 e. The second-order valence-electron chi connectivity index (χ2n) is 3.31. The first-order chi connectivity index (χ1) is 7.40. The molecule has 0 radical (unpaired) electrons. The lowest BCUT2D eigenvalue weighted by Crippen LogP contribution is -1.92. The quantitative estimate of drug-likeness (QED) is 0.712. The van der Waals surface area contributed by atoms with Crippen LogP contribution in [0.25, 0.3) is 0 Å². The molecule has 0 saturated heterocycles. The summed E-state index contributed by atoms with van der Waals surface area (Å²) in [5.41, 5.74) is 1.77. The number of hydrogen-bond donors (Lipinski definition) is 0. The van der Waals surface area contributed by atoms with Gasteiger partial charge in [-0.05, 0) is 12.0 Å². The molecule has 76 valence electrons. The van der Waals surface area contributed by atoms with E-state index in [-0.39, 0.29) is 0 Å². The van der Waals surface area contributed by atoms with Crippen LogP contribution in [-0.4, -0.2) is 11.4 Å². The van der Waals surface area contributed by atoms with Crippen molar-refractivity contribution in [3.63, 3.8) is 0 Å². The van der Waals surface area contributed by atoms with Crippen molar-refractivity contribution in [2.24, 2.45) is 0 Å². The lowest BCUT2D eigenvalue weighted by Gasteiger charge is -1.98. The van der Waals surface area contributed by atoms with Gasteiger partial charge in [0.2, 0.25) is 0 Å². The number of carbonyl (C=O) groups excluding carboxylic acids is 1. The van der Waals surface area contributed by atoms with Crippen LogP contribution in [0.4, 0.5) is 0 Å². The van der Waals surface area contributed by atoms with Crippen molar-refractivity contribution >= 4 is 6.29 Å². The summed E-state index contributed by atoms with van der Waals surface area (Å²) in [4.78, 5) is 10.6. The van der Waals surface area contributed by atoms with E-state index in [1.54, 1.807) is 0 Å². The minimum atomic E-state index is 0.547. The largest absolute Gasteiger partial charge is 0.361 e. The van der Waals surface area contributed by atoms with Crippen LogP contribution in [0.3, 0.4) is 0 Å². The molecule has 0 spiro atoms. The molecule has 0 N–H and O–H groups in total. The van der Waals surface area contributed by atoms with E-state index in [2.05, 4.69) is 17.3 Å². The van der Waals surface area contributed by atoms with E-state index in [1.165, 1.54) is 11.8 Å². The molecule has 0 aliphatic carbocycles. The summed E-state index contributed by atoms with van der Waals surface area (Å²) >= 11 is 0. The number of aromatic nitrogens is 1. The van der Waals surface area contributed by atoms with Crippen molar-refractivity contribution in [2.45, 2.75) is 12.8 Å². The number of rotatable bonds is 4. The lowest BCUT2D eigenvalue weighted by molar-refractivity contribution is 0.112. The first-order valence-electron chi connectivity index (χ1n) is 4.83. The molecule has 0 aliphatic heterocycles. The van der Waals surface area contributed by atoms with Gasteiger partial charge in [-0.15, -0.1) is 0 Å². The van der Waals surface area contributed by atoms with Gasteiger partial charge in [-0.2, -0.15) is 0 Å². The van der Waals surface area contributed by atoms with Gasteiger partial charge in [0.05, 0.1) is 11.8 Å². The van der Waals surface area contributed by atoms with Crippen molar-refractivity contribution in [3.05, 3.63) is 53.4 Å². The molecule has 0 unspecified atom stereocenters. The Morgan fingerprint density at radius 1 is 1.20 bits per heavy atom. The van der Waals surface area contributed by atoms with Crippen LogP contribution < -0.4 is 0 Å². The van der Waals surface area contributed by atoms with Gasteiger partial charge in [0.15, 0.2) is 6.29 Å². The fourth-order valence-electron chi connectivity index (χ4n) is 1.46. The van der Waals surface area contributed by atoms with Gasteiger partial charge >= 0.3 is 0 Å². The zero-order chi connectivity index (χ0) is 10.5. The van der Waals surface area contributed by atoms with Crippen LogP contribution in [0.1, 0.15) is 21.7 Å². The summed E-state index contributed by atoms with van der Waals surface area (Å²) in [6.07, 6.45) is 3.79. The minimum absolute atomic E-state index is 0.547. The number of hydrogen-bond acceptors (Lipinski definition) is 3. The lowest BCUT2D eigenvalue weighted by atomic mass is 10.1. The molecule has 2 rings (SSSR count). The summed E-state index contributed by atoms with van der Waals surface area (Å²) in [6.45, 7) is 0. The Balaban J connectivity index is 2.02. The number of carbonyl (C=O) groups is 1. The van der Waals surface area contributed by atoms with Crippen molar-refractivity contribution in [1.82, 2.24) is 5.16 Å². The topological polar surface area (TPSA) is 43.1 Å². The maximum Gasteiger partial charge on any atom is 0.155 e. The maximum atomic E-state index is 10.6. The zero-order valence-electron chi connectivity index (χ0n) is 8.22. The molecule has 0 fully saturated rings. The fourth-order valence-corrected chi connectivity index (χ4v) is 1.46. The van der Waals surface area contributed by atoms with Gasteiger partial charge < -0.3 is 4.52 Å². The van der Waals surface area contributed by atoms with Crippen LogP contribution in [0.2, 0.25) is 0 Å². The van der Waals surface area contributed by atoms with E-state index in [0.717, 1.165) is 12.7 Å². The molecule has 0 amide bonds. The summed E-state index contributed by atoms with van der Waals surface area (Å²) in [6, 6.07) is 10.1. The number of aldehydes is 1. The summed E-state index contributed by atoms with van der Waals surface area (Å²) < 4.78 is 5.00. The molecule has 1 aromatic heterocycles. The Kier molecular flexibility index (Phi) is 2.93. The molecule has 15 heavy (non-hydrogen) atoms. The number of benzene rings is 1. The average molecular weight is 201 g/mol. The Bertz CT molecular complexity index is 434. The highest BCUT2D eigenvalue weighted by atomic mass is 16.5. The summed E-state index contributed by atoms with van der Waals surface area (Å²) in [5, 5.41) is 3.60. The zero-order valence-corrected chi connectivity index (χ0v) is 8.22. The van der Waals surface area contributed by atoms with Gasteiger partial charge in [-0.25, -0.2) is 0 Å². The van der Waals surface area contributed by atoms with E-state index >= 15 is 0 Å². The highest BCUT2D eigenvalue weighted by Crippen LogP contribution is 2.10. The van der Waals surface area contributed by atoms with Crippen LogP contribution in [-0.2, 0) is 12.8 Å². The Labute approximate surface area is 87.7 Å². The van der Waals surface area contributed by atoms with E-state index in [0.29, 0.717) is 17.7 Å². The molecule has 1 aromatic carbocycles. The summed E-state index contributed by atoms with van der Waals surface area (Å²) in [7, 11) is 0. The van der Waals surface area contributed by atoms with Gasteiger partial charge in [-0.3, -0.25) is 4.79 Å². The molecule has 3 heteroatoms. The fraction of sp³-hybridized carbons (Fsp3) is 0.167. The van der Waals surface area contributed by atoms with Crippen LogP contribution in [0, 0.1) is 0 Å². The number of nitrogens with zero attached hydrogens (tertiary/aromatic N) is 1. The Hall–Kier alpha value is -1.90. The first kappa shape index (κ1) is 9.65. The smallest absolute Gasteiger partial charge is 0.155 e. The Morgan fingerprint density at radius 2 is 2.00 bits per heavy atom. The first-order valence-corrected chi connectivity index (χ1v) is 4.83. The predicted octanol–water partition coefficient (Wildman–Crippen LogP) is 2.27. The van der Waals surface area contributed by atoms with Crippen LogP contribution in [0.5, 0.6) is 0 Å². The van der Waals surface area contributed by atoms with Crippen LogP contribution >= 0.6 is 0 Å². The molecule has 3 nitrogen and oxygen atoms in total. The third-order valence-electron chi connectivity index (χ3n) is 2.29. The molecule has 0 saturated carbocycles. The molecule has 0 atom stereocenters. The third kappa shape index (κ3) is 2.31. The monoisotopic (exact) mass is 201 g/mol. The van der Waals surface area contributed by atoms with Crippen molar-refractivity contribution in [2.75, 3.05) is 0 Å². The van der Waals surface area contributed by atoms with E-state index in [9.17, 15) is 4.79 Å². The van der Waals surface area contributed by atoms with Gasteiger partial charge in [-0.1, -0.05) is 35.5 Å². The van der Waals surface area contributed by atoms with Crippen LogP contribution in [0.15, 0.2) is 41.1 Å². The third-order valence-corrected chi connectivity index (χ3v) is 2.29. The van der Waals surface area contributed by atoms with Crippen molar-refractivity contribution < 1.29 is 9.32 Å². The normalized spacial score (nSPS) is 10.1. The average Bonchev–Trinajstić information content (AvgIpc) is 2.75. The van der Waals surface area contributed by atoms with Crippen molar-refractivity contribution in [3.8, 4) is 0 Å². The highest BCUT2D eigenvalue weighted by molar-refractivity contribution is 5.75. The molecule has 1 heterocycles. The van der Waals surface area contributed by atoms with Gasteiger partial charge in [0.1, 0.15) is 5.76 Å². The maximum absolute atomic E-state index is 10.6. The second kappa shape index (κ2) is 4.55. The highest BCUT2D eigenvalue weighted by Gasteiger charge is 2.06. The molecule has 0 bridgehead atoms. The molecule has 2 aromatic rings. The SMILES string of the molecule is O=Cc1cnoc1CCc1ccccc1. The standard InChI is InChI=1S/C12H11NO2/c14-9-11-8-13-15-12(11)7-6-10-4-2-1-3-5-10/h1-5,8-9H,6-7H2. The summed E-state index contributed by atoms with van der Waals surface area (Å²) in [5.74, 6) is 0.661. The molecule has 0 aliphatic rings. The molecular formula is C12H11NO2. The van der Waals surface area contributed by atoms with Gasteiger partial charge in [0, 0.05) is 6.42 Å². The predicted molar refractivity (Wildman–Crippen MR) is 55.7 cm³/mol. The second-order valence-corrected chi connectivity index (χ2v) is 3.31. The van der Waals surface area contributed by atoms with E-state index < -0.39 is 0 Å². The van der Waals surface area contributed by atoms with Crippen molar-refractivity contribution in [1.29, 1.82) is 0 Å².